The summed E-state index contributed by atoms with van der Waals surface area (Å²) >= 11 is 0. The van der Waals surface area contributed by atoms with Gasteiger partial charge in [0.2, 0.25) is 0 Å². The smallest absolute Gasteiger partial charge is 0.191 e. The number of β-amino-alcohol motifs (C(OH)–C–C–N with tert-alkyl or cyclic N) is 1. The number of aliphatic imine (C=N–C) groups is 1. The minimum atomic E-state index is -0.562. The highest BCUT2D eigenvalue weighted by Gasteiger charge is 2.37. The second kappa shape index (κ2) is 2.70. The molecule has 0 bridgehead atoms. The molecule has 0 saturated carbocycles. The number of likely N-dealkylation sites (tertiary alicyclic amines) is 1. The van der Waals surface area contributed by atoms with Gasteiger partial charge < -0.3 is 15.7 Å². The first-order valence-electron chi connectivity index (χ1n) is 3.82. The maximum Gasteiger partial charge on any atom is 0.191 e. The summed E-state index contributed by atoms with van der Waals surface area (Å²) in [5.41, 5.74) is 5.01. The van der Waals surface area contributed by atoms with E-state index in [9.17, 15) is 5.11 Å². The first-order valence-corrected chi connectivity index (χ1v) is 3.82. The van der Waals surface area contributed by atoms with E-state index < -0.39 is 5.60 Å². The first kappa shape index (κ1) is 8.33. The van der Waals surface area contributed by atoms with E-state index in [1.807, 2.05) is 11.8 Å². The van der Waals surface area contributed by atoms with Crippen LogP contribution in [-0.4, -0.2) is 41.2 Å². The average Bonchev–Trinajstić information content (AvgIpc) is 1.83. The van der Waals surface area contributed by atoms with Crippen molar-refractivity contribution in [3.63, 3.8) is 0 Å². The maximum atomic E-state index is 9.35. The van der Waals surface area contributed by atoms with Gasteiger partial charge in [-0.1, -0.05) is 0 Å². The lowest BCUT2D eigenvalue weighted by Crippen LogP contribution is -2.63. The van der Waals surface area contributed by atoms with Crippen LogP contribution in [0.5, 0.6) is 0 Å². The maximum absolute atomic E-state index is 9.35. The molecule has 0 spiro atoms. The van der Waals surface area contributed by atoms with Crippen molar-refractivity contribution >= 4 is 5.96 Å². The van der Waals surface area contributed by atoms with Gasteiger partial charge in [-0.15, -0.1) is 0 Å². The number of nitrogens with two attached hydrogens (primary N) is 1. The molecule has 64 valence electrons. The molecule has 1 saturated heterocycles. The molecule has 11 heavy (non-hydrogen) atoms. The summed E-state index contributed by atoms with van der Waals surface area (Å²) in [6.07, 6.45) is 0. The van der Waals surface area contributed by atoms with Gasteiger partial charge in [0, 0.05) is 6.54 Å². The van der Waals surface area contributed by atoms with E-state index >= 15 is 0 Å². The van der Waals surface area contributed by atoms with Crippen LogP contribution in [-0.2, 0) is 0 Å². The van der Waals surface area contributed by atoms with Crippen LogP contribution in [0.15, 0.2) is 4.99 Å². The summed E-state index contributed by atoms with van der Waals surface area (Å²) in [6.45, 7) is 5.63. The molecule has 1 aliphatic heterocycles. The lowest BCUT2D eigenvalue weighted by atomic mass is 9.98. The van der Waals surface area contributed by atoms with Gasteiger partial charge in [0.15, 0.2) is 5.96 Å². The number of nitrogens with zero attached hydrogens (tertiary/aromatic N) is 2. The van der Waals surface area contributed by atoms with Gasteiger partial charge in [-0.3, -0.25) is 4.99 Å². The molecule has 1 rings (SSSR count). The largest absolute Gasteiger partial charge is 0.386 e. The molecule has 0 atom stereocenters. The van der Waals surface area contributed by atoms with Crippen molar-refractivity contribution in [3.05, 3.63) is 0 Å². The summed E-state index contributed by atoms with van der Waals surface area (Å²) in [7, 11) is 0. The Morgan fingerprint density at radius 2 is 2.27 bits per heavy atom. The fourth-order valence-corrected chi connectivity index (χ4v) is 1.20. The van der Waals surface area contributed by atoms with Crippen LogP contribution in [0.4, 0.5) is 0 Å². The van der Waals surface area contributed by atoms with Crippen LogP contribution in [0.2, 0.25) is 0 Å². The Hall–Kier alpha value is -0.770. The molecule has 0 radical (unpaired) electrons. The summed E-state index contributed by atoms with van der Waals surface area (Å²) in [4.78, 5) is 5.89. The van der Waals surface area contributed by atoms with Gasteiger partial charge in [-0.05, 0) is 13.8 Å². The normalized spacial score (nSPS) is 23.2. The van der Waals surface area contributed by atoms with Gasteiger partial charge in [0.1, 0.15) is 0 Å². The molecule has 3 N–H and O–H groups in total. The number of hydrogen-bond acceptors (Lipinski definition) is 2. The molecule has 4 heteroatoms. The number of rotatable bonds is 1. The quantitative estimate of drug-likeness (QED) is 0.394. The Bertz CT molecular complexity index is 169. The minimum absolute atomic E-state index is 0.541. The third-order valence-electron chi connectivity index (χ3n) is 1.71. The van der Waals surface area contributed by atoms with E-state index in [0.717, 1.165) is 0 Å². The van der Waals surface area contributed by atoms with Crippen molar-refractivity contribution in [3.8, 4) is 0 Å². The molecule has 4 nitrogen and oxygen atoms in total. The number of aliphatic hydroxyl groups is 1. The van der Waals surface area contributed by atoms with Crippen LogP contribution in [0.25, 0.3) is 0 Å². The Morgan fingerprint density at radius 1 is 1.73 bits per heavy atom. The summed E-state index contributed by atoms with van der Waals surface area (Å²) in [5.74, 6) is 0.541. The lowest BCUT2D eigenvalue weighted by Gasteiger charge is -2.44. The van der Waals surface area contributed by atoms with E-state index in [-0.39, 0.29) is 0 Å². The van der Waals surface area contributed by atoms with Crippen LogP contribution in [0.3, 0.4) is 0 Å². The highest BCUT2D eigenvalue weighted by atomic mass is 16.3. The molecule has 0 aromatic carbocycles. The Morgan fingerprint density at radius 3 is 2.64 bits per heavy atom. The zero-order valence-corrected chi connectivity index (χ0v) is 7.04. The topological polar surface area (TPSA) is 61.8 Å². The zero-order chi connectivity index (χ0) is 8.48. The van der Waals surface area contributed by atoms with Crippen molar-refractivity contribution < 1.29 is 5.11 Å². The SMILES string of the molecule is CCN=C(N)N1CC(C)(O)C1. The third kappa shape index (κ3) is 1.83. The van der Waals surface area contributed by atoms with E-state index in [1.165, 1.54) is 0 Å². The van der Waals surface area contributed by atoms with Gasteiger partial charge >= 0.3 is 0 Å². The van der Waals surface area contributed by atoms with Crippen LogP contribution < -0.4 is 5.73 Å². The second-order valence-corrected chi connectivity index (χ2v) is 3.19. The van der Waals surface area contributed by atoms with Crippen LogP contribution in [0.1, 0.15) is 13.8 Å². The number of guanidine groups is 1. The predicted molar refractivity (Wildman–Crippen MR) is 44.4 cm³/mol. The zero-order valence-electron chi connectivity index (χ0n) is 7.04. The predicted octanol–water partition coefficient (Wildman–Crippen LogP) is -0.612. The summed E-state index contributed by atoms with van der Waals surface area (Å²) < 4.78 is 0. The van der Waals surface area contributed by atoms with Crippen LogP contribution >= 0.6 is 0 Å². The summed E-state index contributed by atoms with van der Waals surface area (Å²) in [5, 5.41) is 9.35. The minimum Gasteiger partial charge on any atom is -0.386 e. The Kier molecular flexibility index (Phi) is 2.04. The Balaban J connectivity index is 2.38. The highest BCUT2D eigenvalue weighted by Crippen LogP contribution is 2.18. The number of hydrogen-bond donors (Lipinski definition) is 2. The molecule has 0 aromatic rings. The van der Waals surface area contributed by atoms with Crippen molar-refractivity contribution in [2.75, 3.05) is 19.6 Å². The molecule has 1 fully saturated rings. The first-order chi connectivity index (χ1) is 5.05. The molecule has 0 aliphatic carbocycles. The fourth-order valence-electron chi connectivity index (χ4n) is 1.20. The van der Waals surface area contributed by atoms with E-state index in [2.05, 4.69) is 4.99 Å². The van der Waals surface area contributed by atoms with Gasteiger partial charge in [-0.2, -0.15) is 0 Å². The molecule has 0 unspecified atom stereocenters. The molecular weight excluding hydrogens is 142 g/mol. The van der Waals surface area contributed by atoms with Crippen molar-refractivity contribution in [2.24, 2.45) is 10.7 Å². The fraction of sp³-hybridized carbons (Fsp3) is 0.857. The van der Waals surface area contributed by atoms with E-state index in [1.54, 1.807) is 6.92 Å². The van der Waals surface area contributed by atoms with Gasteiger partial charge in [0.05, 0.1) is 18.7 Å². The molecular formula is C7H15N3O. The van der Waals surface area contributed by atoms with Crippen molar-refractivity contribution in [1.82, 2.24) is 4.90 Å². The van der Waals surface area contributed by atoms with Gasteiger partial charge in [0.25, 0.3) is 0 Å². The monoisotopic (exact) mass is 157 g/mol. The molecule has 1 heterocycles. The van der Waals surface area contributed by atoms with E-state index in [0.29, 0.717) is 25.6 Å². The van der Waals surface area contributed by atoms with Crippen molar-refractivity contribution in [1.29, 1.82) is 0 Å². The average molecular weight is 157 g/mol. The van der Waals surface area contributed by atoms with Crippen LogP contribution in [0, 0.1) is 0 Å². The second-order valence-electron chi connectivity index (χ2n) is 3.19. The molecule has 0 aromatic heterocycles. The highest BCUT2D eigenvalue weighted by molar-refractivity contribution is 5.79. The molecule has 1 aliphatic rings. The van der Waals surface area contributed by atoms with Gasteiger partial charge in [-0.25, -0.2) is 0 Å². The Labute approximate surface area is 66.7 Å². The third-order valence-corrected chi connectivity index (χ3v) is 1.71. The summed E-state index contributed by atoms with van der Waals surface area (Å²) in [6, 6.07) is 0. The molecule has 0 amide bonds. The standard InChI is InChI=1S/C7H15N3O/c1-3-9-6(8)10-4-7(2,11)5-10/h11H,3-5H2,1-2H3,(H2,8,9). The van der Waals surface area contributed by atoms with Crippen molar-refractivity contribution in [2.45, 2.75) is 19.4 Å². The van der Waals surface area contributed by atoms with E-state index in [4.69, 9.17) is 5.73 Å². The lowest BCUT2D eigenvalue weighted by molar-refractivity contribution is -0.0503.